The maximum atomic E-state index is 6.15. The Hall–Kier alpha value is -1.39. The highest BCUT2D eigenvalue weighted by Gasteiger charge is 2.17. The topological polar surface area (TPSA) is 56.7 Å². The fourth-order valence-corrected chi connectivity index (χ4v) is 1.91. The van der Waals surface area contributed by atoms with Crippen LogP contribution in [-0.4, -0.2) is 14.8 Å². The van der Waals surface area contributed by atoms with E-state index in [4.69, 9.17) is 17.3 Å². The highest BCUT2D eigenvalue weighted by molar-refractivity contribution is 6.31. The van der Waals surface area contributed by atoms with Gasteiger partial charge in [0.05, 0.1) is 23.0 Å². The smallest absolute Gasteiger partial charge is 0.0837 e. The van der Waals surface area contributed by atoms with Crippen LogP contribution in [0, 0.1) is 0 Å². The van der Waals surface area contributed by atoms with Gasteiger partial charge in [-0.3, -0.25) is 9.67 Å². The van der Waals surface area contributed by atoms with Crippen LogP contribution in [0.25, 0.3) is 0 Å². The first-order valence-electron chi connectivity index (χ1n) is 5.10. The number of hydrogen-bond donors (Lipinski definition) is 1. The first kappa shape index (κ1) is 11.1. The second-order valence-corrected chi connectivity index (χ2v) is 3.86. The van der Waals surface area contributed by atoms with Gasteiger partial charge in [0.2, 0.25) is 0 Å². The molecule has 16 heavy (non-hydrogen) atoms. The van der Waals surface area contributed by atoms with Gasteiger partial charge in [0, 0.05) is 18.9 Å². The zero-order valence-electron chi connectivity index (χ0n) is 8.97. The number of aryl methyl sites for hydroxylation is 1. The van der Waals surface area contributed by atoms with Crippen molar-refractivity contribution < 1.29 is 0 Å². The lowest BCUT2D eigenvalue weighted by Crippen LogP contribution is -2.17. The van der Waals surface area contributed by atoms with Gasteiger partial charge in [0.15, 0.2) is 0 Å². The predicted octanol–water partition coefficient (Wildman–Crippen LogP) is 2.00. The molecule has 2 aromatic heterocycles. The van der Waals surface area contributed by atoms with Crippen LogP contribution in [-0.2, 0) is 6.54 Å². The van der Waals surface area contributed by atoms with E-state index in [0.29, 0.717) is 5.02 Å². The third-order valence-corrected chi connectivity index (χ3v) is 2.76. The van der Waals surface area contributed by atoms with Gasteiger partial charge in [0.25, 0.3) is 0 Å². The zero-order chi connectivity index (χ0) is 11.5. The van der Waals surface area contributed by atoms with Gasteiger partial charge in [-0.1, -0.05) is 17.7 Å². The monoisotopic (exact) mass is 236 g/mol. The summed E-state index contributed by atoms with van der Waals surface area (Å²) < 4.78 is 1.81. The quantitative estimate of drug-likeness (QED) is 0.887. The van der Waals surface area contributed by atoms with Crippen molar-refractivity contribution in [3.05, 3.63) is 47.0 Å². The molecule has 0 aliphatic rings. The molecule has 0 aliphatic heterocycles. The molecule has 2 heterocycles. The average molecular weight is 237 g/mol. The molecule has 5 heteroatoms. The Kier molecular flexibility index (Phi) is 3.22. The predicted molar refractivity (Wildman–Crippen MR) is 63.2 cm³/mol. The lowest BCUT2D eigenvalue weighted by Gasteiger charge is -2.13. The van der Waals surface area contributed by atoms with Crippen molar-refractivity contribution in [3.8, 4) is 0 Å². The van der Waals surface area contributed by atoms with E-state index >= 15 is 0 Å². The largest absolute Gasteiger partial charge is 0.319 e. The Labute approximate surface area is 99.1 Å². The van der Waals surface area contributed by atoms with Gasteiger partial charge < -0.3 is 5.73 Å². The van der Waals surface area contributed by atoms with E-state index in [1.54, 1.807) is 23.3 Å². The minimum atomic E-state index is -0.288. The maximum Gasteiger partial charge on any atom is 0.0837 e. The number of rotatable bonds is 3. The second-order valence-electron chi connectivity index (χ2n) is 3.46. The Bertz CT molecular complexity index is 466. The molecule has 0 radical (unpaired) electrons. The van der Waals surface area contributed by atoms with E-state index in [1.807, 2.05) is 19.1 Å². The number of nitrogens with zero attached hydrogens (tertiary/aromatic N) is 3. The minimum Gasteiger partial charge on any atom is -0.319 e. The van der Waals surface area contributed by atoms with Crippen LogP contribution in [0.3, 0.4) is 0 Å². The van der Waals surface area contributed by atoms with E-state index in [-0.39, 0.29) is 6.04 Å². The summed E-state index contributed by atoms with van der Waals surface area (Å²) >= 11 is 6.08. The highest BCUT2D eigenvalue weighted by atomic mass is 35.5. The average Bonchev–Trinajstić information content (AvgIpc) is 2.70. The van der Waals surface area contributed by atoms with E-state index in [9.17, 15) is 0 Å². The summed E-state index contributed by atoms with van der Waals surface area (Å²) in [6.45, 7) is 2.75. The molecule has 0 saturated carbocycles. The van der Waals surface area contributed by atoms with Gasteiger partial charge in [-0.05, 0) is 18.6 Å². The van der Waals surface area contributed by atoms with Crippen LogP contribution in [0.1, 0.15) is 24.2 Å². The molecule has 1 atom stereocenters. The molecule has 0 aromatic carbocycles. The third-order valence-electron chi connectivity index (χ3n) is 2.47. The van der Waals surface area contributed by atoms with Crippen molar-refractivity contribution in [1.82, 2.24) is 14.8 Å². The van der Waals surface area contributed by atoms with Crippen molar-refractivity contribution in [2.75, 3.05) is 0 Å². The number of hydrogen-bond acceptors (Lipinski definition) is 3. The minimum absolute atomic E-state index is 0.288. The van der Waals surface area contributed by atoms with Crippen LogP contribution < -0.4 is 5.73 Å². The molecule has 0 fully saturated rings. The number of pyridine rings is 1. The van der Waals surface area contributed by atoms with Crippen LogP contribution >= 0.6 is 11.6 Å². The molecule has 0 spiro atoms. The second kappa shape index (κ2) is 4.63. The van der Waals surface area contributed by atoms with Gasteiger partial charge in [-0.2, -0.15) is 5.10 Å². The molecule has 2 N–H and O–H groups in total. The van der Waals surface area contributed by atoms with Crippen LogP contribution in [0.2, 0.25) is 5.02 Å². The summed E-state index contributed by atoms with van der Waals surface area (Å²) in [5, 5.41) is 4.76. The third kappa shape index (κ3) is 1.94. The summed E-state index contributed by atoms with van der Waals surface area (Å²) in [5.74, 6) is 0. The fraction of sp³-hybridized carbons (Fsp3) is 0.273. The van der Waals surface area contributed by atoms with Crippen molar-refractivity contribution in [3.63, 3.8) is 0 Å². The lowest BCUT2D eigenvalue weighted by atomic mass is 10.1. The molecule has 0 saturated heterocycles. The Morgan fingerprint density at radius 1 is 1.50 bits per heavy atom. The van der Waals surface area contributed by atoms with Crippen molar-refractivity contribution in [2.45, 2.75) is 19.5 Å². The van der Waals surface area contributed by atoms with Crippen LogP contribution in [0.5, 0.6) is 0 Å². The Balaban J connectivity index is 2.41. The summed E-state index contributed by atoms with van der Waals surface area (Å²) in [6, 6.07) is 3.50. The van der Waals surface area contributed by atoms with Gasteiger partial charge in [-0.15, -0.1) is 0 Å². The van der Waals surface area contributed by atoms with Crippen molar-refractivity contribution in [2.24, 2.45) is 5.73 Å². The van der Waals surface area contributed by atoms with E-state index < -0.39 is 0 Å². The molecule has 0 amide bonds. The highest BCUT2D eigenvalue weighted by Crippen LogP contribution is 2.25. The molecular weight excluding hydrogens is 224 g/mol. The normalized spacial score (nSPS) is 12.7. The first-order chi connectivity index (χ1) is 7.74. The molecule has 1 unspecified atom stereocenters. The van der Waals surface area contributed by atoms with E-state index in [0.717, 1.165) is 17.8 Å². The number of halogens is 1. The standard InChI is InChI=1S/C11H13ClN4/c1-2-16-11(9(12)7-15-16)10(13)8-4-3-5-14-6-8/h3-7,10H,2,13H2,1H3. The van der Waals surface area contributed by atoms with E-state index in [2.05, 4.69) is 10.1 Å². The van der Waals surface area contributed by atoms with Crippen molar-refractivity contribution in [1.29, 1.82) is 0 Å². The molecule has 4 nitrogen and oxygen atoms in total. The molecule has 2 rings (SSSR count). The summed E-state index contributed by atoms with van der Waals surface area (Å²) in [5.41, 5.74) is 7.91. The van der Waals surface area contributed by atoms with Gasteiger partial charge >= 0.3 is 0 Å². The van der Waals surface area contributed by atoms with E-state index in [1.165, 1.54) is 0 Å². The van der Waals surface area contributed by atoms with Gasteiger partial charge in [0.1, 0.15) is 0 Å². The molecular formula is C11H13ClN4. The molecule has 2 aromatic rings. The van der Waals surface area contributed by atoms with Crippen LogP contribution in [0.15, 0.2) is 30.7 Å². The Morgan fingerprint density at radius 2 is 2.31 bits per heavy atom. The summed E-state index contributed by atoms with van der Waals surface area (Å²) in [7, 11) is 0. The Morgan fingerprint density at radius 3 is 2.94 bits per heavy atom. The molecule has 84 valence electrons. The first-order valence-corrected chi connectivity index (χ1v) is 5.48. The van der Waals surface area contributed by atoms with Gasteiger partial charge in [-0.25, -0.2) is 0 Å². The number of nitrogens with two attached hydrogens (primary N) is 1. The summed E-state index contributed by atoms with van der Waals surface area (Å²) in [6.07, 6.45) is 5.08. The maximum absolute atomic E-state index is 6.15. The SMILES string of the molecule is CCn1ncc(Cl)c1C(N)c1cccnc1. The molecule has 0 bridgehead atoms. The zero-order valence-corrected chi connectivity index (χ0v) is 9.72. The molecule has 0 aliphatic carbocycles. The fourth-order valence-electron chi connectivity index (χ4n) is 1.65. The van der Waals surface area contributed by atoms with Crippen molar-refractivity contribution >= 4 is 11.6 Å². The lowest BCUT2D eigenvalue weighted by molar-refractivity contribution is 0.600. The number of aromatic nitrogens is 3. The van der Waals surface area contributed by atoms with Crippen LogP contribution in [0.4, 0.5) is 0 Å². The summed E-state index contributed by atoms with van der Waals surface area (Å²) in [4.78, 5) is 4.05.